The van der Waals surface area contributed by atoms with Gasteiger partial charge < -0.3 is 10.3 Å². The van der Waals surface area contributed by atoms with E-state index in [-0.39, 0.29) is 6.04 Å². The lowest BCUT2D eigenvalue weighted by Gasteiger charge is -2.10. The van der Waals surface area contributed by atoms with Gasteiger partial charge in [0.15, 0.2) is 0 Å². The predicted octanol–water partition coefficient (Wildman–Crippen LogP) is 2.88. The number of thiophene rings is 1. The highest BCUT2D eigenvalue weighted by atomic mass is 32.1. The molecule has 4 heteroatoms. The summed E-state index contributed by atoms with van der Waals surface area (Å²) in [5.74, 6) is 1.03. The Morgan fingerprint density at radius 1 is 1.39 bits per heavy atom. The van der Waals surface area contributed by atoms with Crippen LogP contribution in [0.15, 0.2) is 42.0 Å². The van der Waals surface area contributed by atoms with E-state index in [1.165, 1.54) is 15.6 Å². The number of fused-ring (bicyclic) bond motifs is 1. The number of nitrogens with two attached hydrogens (primary N) is 1. The van der Waals surface area contributed by atoms with Crippen LogP contribution in [0, 0.1) is 0 Å². The zero-order valence-electron chi connectivity index (χ0n) is 10.2. The summed E-state index contributed by atoms with van der Waals surface area (Å²) in [6.07, 6.45) is 4.53. The van der Waals surface area contributed by atoms with Crippen LogP contribution in [0.5, 0.6) is 0 Å². The third-order valence-electron chi connectivity index (χ3n) is 3.23. The average molecular weight is 257 g/mol. The van der Waals surface area contributed by atoms with E-state index in [1.54, 1.807) is 11.3 Å². The summed E-state index contributed by atoms with van der Waals surface area (Å²) < 4.78 is 3.32. The molecule has 3 nitrogen and oxygen atoms in total. The molecule has 0 spiro atoms. The molecule has 0 saturated heterocycles. The molecule has 1 atom stereocenters. The molecule has 92 valence electrons. The number of aryl methyl sites for hydroxylation is 1. The van der Waals surface area contributed by atoms with Crippen molar-refractivity contribution < 1.29 is 0 Å². The largest absolute Gasteiger partial charge is 0.338 e. The van der Waals surface area contributed by atoms with E-state index in [1.807, 2.05) is 24.0 Å². The number of hydrogen-bond donors (Lipinski definition) is 1. The standard InChI is InChI=1S/C14H15N3S/c1-17-7-6-16-14(17)8-12(15)11-9-18-13-5-3-2-4-10(11)13/h2-7,9,12H,8,15H2,1H3. The number of rotatable bonds is 3. The molecule has 1 aromatic carbocycles. The van der Waals surface area contributed by atoms with Crippen molar-refractivity contribution in [2.24, 2.45) is 12.8 Å². The van der Waals surface area contributed by atoms with E-state index in [9.17, 15) is 0 Å². The van der Waals surface area contributed by atoms with Crippen molar-refractivity contribution >= 4 is 21.4 Å². The zero-order valence-corrected chi connectivity index (χ0v) is 11.0. The van der Waals surface area contributed by atoms with Crippen LogP contribution in [0.3, 0.4) is 0 Å². The van der Waals surface area contributed by atoms with Crippen LogP contribution in [-0.2, 0) is 13.5 Å². The quantitative estimate of drug-likeness (QED) is 0.784. The third-order valence-corrected chi connectivity index (χ3v) is 4.22. The van der Waals surface area contributed by atoms with Gasteiger partial charge in [-0.25, -0.2) is 4.98 Å². The van der Waals surface area contributed by atoms with Gasteiger partial charge in [0.05, 0.1) is 0 Å². The summed E-state index contributed by atoms with van der Waals surface area (Å²) in [7, 11) is 2.00. The Morgan fingerprint density at radius 2 is 2.22 bits per heavy atom. The highest BCUT2D eigenvalue weighted by Gasteiger charge is 2.14. The molecule has 1 unspecified atom stereocenters. The fraction of sp³-hybridized carbons (Fsp3) is 0.214. The van der Waals surface area contributed by atoms with E-state index in [0.29, 0.717) is 0 Å². The second-order valence-electron chi connectivity index (χ2n) is 4.45. The van der Waals surface area contributed by atoms with Crippen molar-refractivity contribution in [3.05, 3.63) is 53.4 Å². The molecule has 0 bridgehead atoms. The molecule has 2 N–H and O–H groups in total. The van der Waals surface area contributed by atoms with E-state index >= 15 is 0 Å². The lowest BCUT2D eigenvalue weighted by Crippen LogP contribution is -2.15. The normalized spacial score (nSPS) is 13.0. The van der Waals surface area contributed by atoms with E-state index in [2.05, 4.69) is 34.6 Å². The molecule has 3 rings (SSSR count). The molecule has 2 heterocycles. The summed E-state index contributed by atoms with van der Waals surface area (Å²) in [6.45, 7) is 0. The topological polar surface area (TPSA) is 43.8 Å². The Bertz CT molecular complexity index is 668. The summed E-state index contributed by atoms with van der Waals surface area (Å²) in [4.78, 5) is 4.33. The minimum atomic E-state index is 0.00208. The lowest BCUT2D eigenvalue weighted by molar-refractivity contribution is 0.665. The first-order chi connectivity index (χ1) is 8.75. The summed E-state index contributed by atoms with van der Waals surface area (Å²) in [6, 6.07) is 8.40. The molecule has 0 aliphatic heterocycles. The van der Waals surface area contributed by atoms with Gasteiger partial charge in [0.25, 0.3) is 0 Å². The third kappa shape index (κ3) is 1.94. The second kappa shape index (κ2) is 4.55. The fourth-order valence-corrected chi connectivity index (χ4v) is 3.21. The van der Waals surface area contributed by atoms with Crippen LogP contribution in [0.25, 0.3) is 10.1 Å². The van der Waals surface area contributed by atoms with Crippen LogP contribution in [0.4, 0.5) is 0 Å². The molecule has 2 aromatic heterocycles. The van der Waals surface area contributed by atoms with Gasteiger partial charge in [0.1, 0.15) is 5.82 Å². The Morgan fingerprint density at radius 3 is 3.00 bits per heavy atom. The zero-order chi connectivity index (χ0) is 12.5. The van der Waals surface area contributed by atoms with Crippen LogP contribution in [0.2, 0.25) is 0 Å². The van der Waals surface area contributed by atoms with E-state index in [4.69, 9.17) is 5.73 Å². The molecule has 0 saturated carbocycles. The second-order valence-corrected chi connectivity index (χ2v) is 5.36. The molecule has 0 fully saturated rings. The first-order valence-electron chi connectivity index (χ1n) is 5.93. The molecule has 18 heavy (non-hydrogen) atoms. The van der Waals surface area contributed by atoms with Gasteiger partial charge >= 0.3 is 0 Å². The van der Waals surface area contributed by atoms with Crippen LogP contribution >= 0.6 is 11.3 Å². The summed E-state index contributed by atoms with van der Waals surface area (Å²) in [5.41, 5.74) is 7.54. The number of benzene rings is 1. The van der Waals surface area contributed by atoms with E-state index in [0.717, 1.165) is 12.2 Å². The van der Waals surface area contributed by atoms with Crippen molar-refractivity contribution in [1.82, 2.24) is 9.55 Å². The SMILES string of the molecule is Cn1ccnc1CC(N)c1csc2ccccc12. The predicted molar refractivity (Wildman–Crippen MR) is 75.7 cm³/mol. The Hall–Kier alpha value is -1.65. The van der Waals surface area contributed by atoms with Gasteiger partial charge in [-0.3, -0.25) is 0 Å². The molecule has 3 aromatic rings. The van der Waals surface area contributed by atoms with E-state index < -0.39 is 0 Å². The van der Waals surface area contributed by atoms with Crippen LogP contribution in [0.1, 0.15) is 17.4 Å². The molecule has 0 aliphatic rings. The minimum absolute atomic E-state index is 0.00208. The minimum Gasteiger partial charge on any atom is -0.338 e. The van der Waals surface area contributed by atoms with Gasteiger partial charge in [0.2, 0.25) is 0 Å². The maximum Gasteiger partial charge on any atom is 0.110 e. The molecular weight excluding hydrogens is 242 g/mol. The number of imidazole rings is 1. The van der Waals surface area contributed by atoms with Gasteiger partial charge in [-0.15, -0.1) is 11.3 Å². The first kappa shape index (κ1) is 11.4. The molecule has 0 amide bonds. The molecule has 0 aliphatic carbocycles. The lowest BCUT2D eigenvalue weighted by atomic mass is 10.0. The maximum absolute atomic E-state index is 6.32. The molecular formula is C14H15N3S. The maximum atomic E-state index is 6.32. The number of nitrogens with zero attached hydrogens (tertiary/aromatic N) is 2. The van der Waals surface area contributed by atoms with Gasteiger partial charge in [0, 0.05) is 36.6 Å². The van der Waals surface area contributed by atoms with Crippen molar-refractivity contribution in [2.75, 3.05) is 0 Å². The highest BCUT2D eigenvalue weighted by molar-refractivity contribution is 7.17. The van der Waals surface area contributed by atoms with Crippen molar-refractivity contribution in [1.29, 1.82) is 0 Å². The Kier molecular flexibility index (Phi) is 2.89. The van der Waals surface area contributed by atoms with Crippen LogP contribution < -0.4 is 5.73 Å². The average Bonchev–Trinajstić information content (AvgIpc) is 2.96. The van der Waals surface area contributed by atoms with Crippen LogP contribution in [-0.4, -0.2) is 9.55 Å². The molecule has 0 radical (unpaired) electrons. The first-order valence-corrected chi connectivity index (χ1v) is 6.81. The van der Waals surface area contributed by atoms with Gasteiger partial charge in [-0.2, -0.15) is 0 Å². The summed E-state index contributed by atoms with van der Waals surface area (Å²) in [5, 5.41) is 3.43. The van der Waals surface area contributed by atoms with Gasteiger partial charge in [-0.05, 0) is 22.4 Å². The Labute approximate surface area is 110 Å². The van der Waals surface area contributed by atoms with Gasteiger partial charge in [-0.1, -0.05) is 18.2 Å². The monoisotopic (exact) mass is 257 g/mol. The number of aromatic nitrogens is 2. The fourth-order valence-electron chi connectivity index (χ4n) is 2.19. The van der Waals surface area contributed by atoms with Crippen molar-refractivity contribution in [3.63, 3.8) is 0 Å². The van der Waals surface area contributed by atoms with Crippen molar-refractivity contribution in [2.45, 2.75) is 12.5 Å². The number of hydrogen-bond acceptors (Lipinski definition) is 3. The smallest absolute Gasteiger partial charge is 0.110 e. The Balaban J connectivity index is 1.93. The summed E-state index contributed by atoms with van der Waals surface area (Å²) >= 11 is 1.75. The van der Waals surface area contributed by atoms with Crippen molar-refractivity contribution in [3.8, 4) is 0 Å². The highest BCUT2D eigenvalue weighted by Crippen LogP contribution is 2.30.